The lowest BCUT2D eigenvalue weighted by Gasteiger charge is -2.04. The number of nitrogens with one attached hydrogen (secondary N) is 1. The van der Waals surface area contributed by atoms with Crippen molar-refractivity contribution < 1.29 is 4.92 Å². The van der Waals surface area contributed by atoms with Crippen molar-refractivity contribution in [3.63, 3.8) is 0 Å². The normalized spacial score (nSPS) is 12.2. The molecule has 0 fully saturated rings. The molecule has 7 heteroatoms. The number of hydrogen-bond donors (Lipinski definition) is 1. The monoisotopic (exact) mass is 352 g/mol. The summed E-state index contributed by atoms with van der Waals surface area (Å²) in [5.74, 6) is 0.185. The quantitative estimate of drug-likeness (QED) is 0.388. The van der Waals surface area contributed by atoms with Gasteiger partial charge < -0.3 is 0 Å². The third kappa shape index (κ3) is 4.27. The lowest BCUT2D eigenvalue weighted by molar-refractivity contribution is -0.384. The number of hydrazone groups is 1. The van der Waals surface area contributed by atoms with Gasteiger partial charge in [-0.2, -0.15) is 5.10 Å². The van der Waals surface area contributed by atoms with Gasteiger partial charge in [0.25, 0.3) is 5.69 Å². The van der Waals surface area contributed by atoms with E-state index in [-0.39, 0.29) is 11.6 Å². The van der Waals surface area contributed by atoms with Crippen LogP contribution in [-0.4, -0.2) is 16.1 Å². The molecule has 0 spiro atoms. The molecule has 0 aliphatic carbocycles. The number of nitrogens with zero attached hydrogens (tertiary/aromatic N) is 3. The standard InChI is InChI=1S/C18H16N4O2S/c1-13(14-6-3-2-4-7-14)11-19-21-18-20-17(12-25-18)15-8-5-9-16(10-15)22(23)24/h2-13H,1H3,(H,20,21)/t13-/m0/s1. The minimum absolute atomic E-state index is 0.0507. The smallest absolute Gasteiger partial charge is 0.258 e. The molecule has 3 aromatic rings. The average Bonchev–Trinajstić information content (AvgIpc) is 3.11. The molecular weight excluding hydrogens is 336 g/mol. The summed E-state index contributed by atoms with van der Waals surface area (Å²) in [7, 11) is 0. The molecule has 0 saturated heterocycles. The maximum atomic E-state index is 10.9. The highest BCUT2D eigenvalue weighted by atomic mass is 32.1. The number of nitro benzene ring substituents is 1. The molecule has 25 heavy (non-hydrogen) atoms. The summed E-state index contributed by atoms with van der Waals surface area (Å²) in [6.45, 7) is 2.07. The molecule has 0 radical (unpaired) electrons. The number of hydrogen-bond acceptors (Lipinski definition) is 6. The van der Waals surface area contributed by atoms with Crippen LogP contribution in [0.5, 0.6) is 0 Å². The van der Waals surface area contributed by atoms with Crippen LogP contribution in [0.1, 0.15) is 18.4 Å². The molecule has 0 amide bonds. The first-order chi connectivity index (χ1) is 12.1. The van der Waals surface area contributed by atoms with E-state index in [2.05, 4.69) is 34.6 Å². The zero-order valence-corrected chi connectivity index (χ0v) is 14.3. The molecule has 0 unspecified atom stereocenters. The van der Waals surface area contributed by atoms with Crippen molar-refractivity contribution in [3.8, 4) is 11.3 Å². The molecule has 1 atom stereocenters. The van der Waals surface area contributed by atoms with E-state index in [4.69, 9.17) is 0 Å². The maximum absolute atomic E-state index is 10.9. The van der Waals surface area contributed by atoms with Gasteiger partial charge in [0.15, 0.2) is 0 Å². The molecule has 3 rings (SSSR count). The number of benzene rings is 2. The third-order valence-electron chi connectivity index (χ3n) is 3.64. The van der Waals surface area contributed by atoms with Crippen molar-refractivity contribution in [2.45, 2.75) is 12.8 Å². The van der Waals surface area contributed by atoms with Crippen LogP contribution in [0.15, 0.2) is 65.1 Å². The highest BCUT2D eigenvalue weighted by molar-refractivity contribution is 7.14. The zero-order valence-electron chi connectivity index (χ0n) is 13.5. The molecule has 1 aromatic heterocycles. The van der Waals surface area contributed by atoms with Crippen LogP contribution in [0.25, 0.3) is 11.3 Å². The fraction of sp³-hybridized carbons (Fsp3) is 0.111. The second kappa shape index (κ2) is 7.67. The fourth-order valence-corrected chi connectivity index (χ4v) is 2.95. The molecule has 126 valence electrons. The van der Waals surface area contributed by atoms with Crippen molar-refractivity contribution >= 4 is 28.4 Å². The van der Waals surface area contributed by atoms with E-state index in [1.54, 1.807) is 12.1 Å². The van der Waals surface area contributed by atoms with E-state index < -0.39 is 4.92 Å². The third-order valence-corrected chi connectivity index (χ3v) is 4.39. The van der Waals surface area contributed by atoms with Gasteiger partial charge in [0.05, 0.1) is 10.6 Å². The summed E-state index contributed by atoms with van der Waals surface area (Å²) in [6, 6.07) is 16.5. The molecule has 0 saturated carbocycles. The summed E-state index contributed by atoms with van der Waals surface area (Å²) in [6.07, 6.45) is 1.82. The number of non-ortho nitro benzene ring substituents is 1. The van der Waals surface area contributed by atoms with Crippen LogP contribution in [0.4, 0.5) is 10.8 Å². The van der Waals surface area contributed by atoms with E-state index in [0.717, 1.165) is 0 Å². The second-order valence-electron chi connectivity index (χ2n) is 5.43. The van der Waals surface area contributed by atoms with Crippen molar-refractivity contribution in [1.29, 1.82) is 0 Å². The number of anilines is 1. The first-order valence-corrected chi connectivity index (χ1v) is 8.56. The number of thiazole rings is 1. The van der Waals surface area contributed by atoms with Crippen LogP contribution in [0.3, 0.4) is 0 Å². The van der Waals surface area contributed by atoms with E-state index >= 15 is 0 Å². The SMILES string of the molecule is C[C@@H](C=NNc1nc(-c2cccc([N+](=O)[O-])c2)cs1)c1ccccc1. The first-order valence-electron chi connectivity index (χ1n) is 7.68. The Kier molecular flexibility index (Phi) is 5.15. The average molecular weight is 352 g/mol. The Balaban J connectivity index is 1.67. The molecule has 6 nitrogen and oxygen atoms in total. The van der Waals surface area contributed by atoms with Crippen molar-refractivity contribution in [1.82, 2.24) is 4.98 Å². The highest BCUT2D eigenvalue weighted by Crippen LogP contribution is 2.27. The van der Waals surface area contributed by atoms with Gasteiger partial charge in [-0.05, 0) is 5.56 Å². The number of rotatable bonds is 6. The Morgan fingerprint density at radius 2 is 2.04 bits per heavy atom. The van der Waals surface area contributed by atoms with Gasteiger partial charge in [-0.3, -0.25) is 15.5 Å². The van der Waals surface area contributed by atoms with E-state index in [1.165, 1.54) is 29.0 Å². The summed E-state index contributed by atoms with van der Waals surface area (Å²) < 4.78 is 0. The van der Waals surface area contributed by atoms with Gasteiger partial charge >= 0.3 is 0 Å². The minimum Gasteiger partial charge on any atom is -0.258 e. The Morgan fingerprint density at radius 3 is 2.80 bits per heavy atom. The topological polar surface area (TPSA) is 80.4 Å². The largest absolute Gasteiger partial charge is 0.270 e. The minimum atomic E-state index is -0.412. The summed E-state index contributed by atoms with van der Waals surface area (Å²) in [5.41, 5.74) is 5.54. The maximum Gasteiger partial charge on any atom is 0.270 e. The highest BCUT2D eigenvalue weighted by Gasteiger charge is 2.09. The summed E-state index contributed by atoms with van der Waals surface area (Å²) in [5, 5.41) is 17.6. The fourth-order valence-electron chi connectivity index (χ4n) is 2.28. The van der Waals surface area contributed by atoms with Crippen LogP contribution >= 0.6 is 11.3 Å². The van der Waals surface area contributed by atoms with Gasteiger partial charge in [-0.15, -0.1) is 11.3 Å². The Labute approximate surface area is 149 Å². The van der Waals surface area contributed by atoms with Crippen molar-refractivity contribution in [3.05, 3.63) is 75.7 Å². The molecule has 0 aliphatic rings. The summed E-state index contributed by atoms with van der Waals surface area (Å²) >= 11 is 1.40. The van der Waals surface area contributed by atoms with Crippen LogP contribution in [0, 0.1) is 10.1 Å². The van der Waals surface area contributed by atoms with Crippen LogP contribution in [-0.2, 0) is 0 Å². The Bertz CT molecular complexity index is 893. The molecular formula is C18H16N4O2S. The molecule has 2 aromatic carbocycles. The van der Waals surface area contributed by atoms with Gasteiger partial charge in [0.1, 0.15) is 0 Å². The molecule has 1 N–H and O–H groups in total. The van der Waals surface area contributed by atoms with Gasteiger partial charge in [0, 0.05) is 35.2 Å². The lowest BCUT2D eigenvalue weighted by Crippen LogP contribution is -1.97. The molecule has 1 heterocycles. The van der Waals surface area contributed by atoms with Gasteiger partial charge in [-0.25, -0.2) is 4.98 Å². The second-order valence-corrected chi connectivity index (χ2v) is 6.29. The van der Waals surface area contributed by atoms with Crippen molar-refractivity contribution in [2.24, 2.45) is 5.10 Å². The van der Waals surface area contributed by atoms with Gasteiger partial charge in [-0.1, -0.05) is 49.4 Å². The predicted molar refractivity (Wildman–Crippen MR) is 101 cm³/mol. The molecule has 0 bridgehead atoms. The Hall–Kier alpha value is -3.06. The zero-order chi connectivity index (χ0) is 17.6. The first kappa shape index (κ1) is 16.8. The Morgan fingerprint density at radius 1 is 1.24 bits per heavy atom. The molecule has 0 aliphatic heterocycles. The van der Waals surface area contributed by atoms with Gasteiger partial charge in [0.2, 0.25) is 5.13 Å². The van der Waals surface area contributed by atoms with E-state index in [1.807, 2.05) is 29.8 Å². The van der Waals surface area contributed by atoms with E-state index in [0.29, 0.717) is 16.4 Å². The van der Waals surface area contributed by atoms with E-state index in [9.17, 15) is 10.1 Å². The number of nitro groups is 1. The summed E-state index contributed by atoms with van der Waals surface area (Å²) in [4.78, 5) is 14.9. The van der Waals surface area contributed by atoms with Crippen LogP contribution in [0.2, 0.25) is 0 Å². The van der Waals surface area contributed by atoms with Crippen molar-refractivity contribution in [2.75, 3.05) is 5.43 Å². The number of aromatic nitrogens is 1. The van der Waals surface area contributed by atoms with Crippen LogP contribution < -0.4 is 5.43 Å². The lowest BCUT2D eigenvalue weighted by atomic mass is 10.0. The predicted octanol–water partition coefficient (Wildman–Crippen LogP) is 4.92.